The topological polar surface area (TPSA) is 26.3 Å². The summed E-state index contributed by atoms with van der Waals surface area (Å²) in [7, 11) is 0. The van der Waals surface area contributed by atoms with Crippen LogP contribution in [0.3, 0.4) is 0 Å². The van der Waals surface area contributed by atoms with Gasteiger partial charge in [-0.25, -0.2) is 4.79 Å². The van der Waals surface area contributed by atoms with Crippen LogP contribution in [0.15, 0.2) is 41.0 Å². The van der Waals surface area contributed by atoms with E-state index in [1.807, 2.05) is 32.9 Å². The highest BCUT2D eigenvalue weighted by molar-refractivity contribution is 6.08. The van der Waals surface area contributed by atoms with E-state index in [-0.39, 0.29) is 5.97 Å². The first-order valence-electron chi connectivity index (χ1n) is 6.22. The standard InChI is InChI=1S/C16H16O2/c1-16(2,3)18-15(17)14-12-8-10-6-4-5-7-11(10)9-13(12)14/h4-8H,9H2,1-3H3. The lowest BCUT2D eigenvalue weighted by Crippen LogP contribution is -2.23. The third-order valence-electron chi connectivity index (χ3n) is 3.16. The summed E-state index contributed by atoms with van der Waals surface area (Å²) in [5.41, 5.74) is 5.11. The highest BCUT2D eigenvalue weighted by Crippen LogP contribution is 2.47. The third-order valence-corrected chi connectivity index (χ3v) is 3.16. The van der Waals surface area contributed by atoms with E-state index in [1.54, 1.807) is 0 Å². The Morgan fingerprint density at radius 2 is 1.94 bits per heavy atom. The second kappa shape index (κ2) is 3.58. The van der Waals surface area contributed by atoms with Crippen LogP contribution in [0.2, 0.25) is 0 Å². The minimum Gasteiger partial charge on any atom is -0.456 e. The predicted molar refractivity (Wildman–Crippen MR) is 71.0 cm³/mol. The van der Waals surface area contributed by atoms with Gasteiger partial charge in [-0.05, 0) is 55.5 Å². The van der Waals surface area contributed by atoms with Gasteiger partial charge in [0.05, 0.1) is 5.57 Å². The summed E-state index contributed by atoms with van der Waals surface area (Å²) in [6, 6.07) is 8.26. The van der Waals surface area contributed by atoms with Crippen molar-refractivity contribution < 1.29 is 9.53 Å². The summed E-state index contributed by atoms with van der Waals surface area (Å²) in [5, 5.41) is 0. The van der Waals surface area contributed by atoms with Crippen LogP contribution in [-0.4, -0.2) is 11.6 Å². The molecule has 18 heavy (non-hydrogen) atoms. The van der Waals surface area contributed by atoms with E-state index in [1.165, 1.54) is 11.1 Å². The number of benzene rings is 1. The molecule has 1 aromatic carbocycles. The minimum absolute atomic E-state index is 0.184. The second-order valence-corrected chi connectivity index (χ2v) is 5.79. The van der Waals surface area contributed by atoms with Gasteiger partial charge in [0.1, 0.15) is 5.60 Å². The fourth-order valence-electron chi connectivity index (χ4n) is 2.33. The lowest BCUT2D eigenvalue weighted by atomic mass is 9.98. The molecule has 92 valence electrons. The van der Waals surface area contributed by atoms with E-state index >= 15 is 0 Å². The summed E-state index contributed by atoms with van der Waals surface area (Å²) in [6.45, 7) is 5.68. The Bertz CT molecular complexity index is 598. The molecule has 0 saturated carbocycles. The summed E-state index contributed by atoms with van der Waals surface area (Å²) in [4.78, 5) is 12.0. The number of rotatable bonds is 1. The number of esters is 1. The van der Waals surface area contributed by atoms with Crippen LogP contribution in [0, 0.1) is 0 Å². The fraction of sp³-hybridized carbons (Fsp3) is 0.312. The van der Waals surface area contributed by atoms with Crippen molar-refractivity contribution in [1.82, 2.24) is 0 Å². The van der Waals surface area contributed by atoms with E-state index in [9.17, 15) is 4.79 Å². The Morgan fingerprint density at radius 3 is 2.67 bits per heavy atom. The molecule has 0 saturated heterocycles. The molecule has 2 aliphatic carbocycles. The van der Waals surface area contributed by atoms with E-state index in [4.69, 9.17) is 4.74 Å². The van der Waals surface area contributed by atoms with Gasteiger partial charge in [0.15, 0.2) is 0 Å². The normalized spacial score (nSPS) is 16.7. The highest BCUT2D eigenvalue weighted by Gasteiger charge is 2.39. The zero-order valence-electron chi connectivity index (χ0n) is 10.9. The first-order chi connectivity index (χ1) is 8.46. The molecule has 0 N–H and O–H groups in total. The molecule has 3 rings (SSSR count). The summed E-state index contributed by atoms with van der Waals surface area (Å²) in [6.07, 6.45) is 2.95. The van der Waals surface area contributed by atoms with E-state index < -0.39 is 5.60 Å². The largest absolute Gasteiger partial charge is 0.456 e. The molecular weight excluding hydrogens is 224 g/mol. The molecule has 0 radical (unpaired) electrons. The third kappa shape index (κ3) is 1.88. The van der Waals surface area contributed by atoms with Crippen molar-refractivity contribution in [3.63, 3.8) is 0 Å². The summed E-state index contributed by atoms with van der Waals surface area (Å²) >= 11 is 0. The smallest absolute Gasteiger partial charge is 0.339 e. The molecule has 0 fully saturated rings. The van der Waals surface area contributed by atoms with E-state index in [2.05, 4.69) is 18.2 Å². The Morgan fingerprint density at radius 1 is 1.22 bits per heavy atom. The summed E-state index contributed by atoms with van der Waals surface area (Å²) < 4.78 is 5.41. The molecule has 0 aromatic heterocycles. The molecule has 2 nitrogen and oxygen atoms in total. The van der Waals surface area contributed by atoms with Crippen LogP contribution in [0.1, 0.15) is 31.9 Å². The van der Waals surface area contributed by atoms with Crippen molar-refractivity contribution in [1.29, 1.82) is 0 Å². The molecule has 0 heterocycles. The van der Waals surface area contributed by atoms with Gasteiger partial charge in [0.2, 0.25) is 0 Å². The van der Waals surface area contributed by atoms with E-state index in [0.717, 1.165) is 23.1 Å². The van der Waals surface area contributed by atoms with Crippen molar-refractivity contribution in [3.05, 3.63) is 52.1 Å². The zero-order chi connectivity index (χ0) is 12.9. The average molecular weight is 240 g/mol. The van der Waals surface area contributed by atoms with Crippen molar-refractivity contribution in [2.45, 2.75) is 32.8 Å². The molecule has 0 aliphatic heterocycles. The maximum atomic E-state index is 12.0. The Kier molecular flexibility index (Phi) is 2.24. The predicted octanol–water partition coefficient (Wildman–Crippen LogP) is 3.28. The Labute approximate surface area is 107 Å². The van der Waals surface area contributed by atoms with Crippen LogP contribution in [0.5, 0.6) is 0 Å². The molecule has 0 amide bonds. The number of hydrogen-bond donors (Lipinski definition) is 0. The number of hydrogen-bond acceptors (Lipinski definition) is 2. The van der Waals surface area contributed by atoms with E-state index in [0.29, 0.717) is 0 Å². The van der Waals surface area contributed by atoms with Crippen LogP contribution in [0.4, 0.5) is 0 Å². The number of allylic oxidation sites excluding steroid dienone is 1. The monoisotopic (exact) mass is 240 g/mol. The molecule has 0 bridgehead atoms. The van der Waals surface area contributed by atoms with Crippen molar-refractivity contribution in [2.24, 2.45) is 0 Å². The van der Waals surface area contributed by atoms with Gasteiger partial charge < -0.3 is 4.74 Å². The maximum Gasteiger partial charge on any atom is 0.339 e. The summed E-state index contributed by atoms with van der Waals surface area (Å²) in [5.74, 6) is -0.184. The first kappa shape index (κ1) is 11.3. The Hall–Kier alpha value is -1.83. The maximum absolute atomic E-state index is 12.0. The number of carbonyl (C=O) groups excluding carboxylic acids is 1. The van der Waals surface area contributed by atoms with Crippen LogP contribution < -0.4 is 0 Å². The second-order valence-electron chi connectivity index (χ2n) is 5.79. The van der Waals surface area contributed by atoms with Gasteiger partial charge in [-0.1, -0.05) is 24.3 Å². The molecule has 0 atom stereocenters. The molecule has 0 unspecified atom stereocenters. The lowest BCUT2D eigenvalue weighted by Gasteiger charge is -2.18. The molecule has 2 aliphatic rings. The Balaban J connectivity index is 1.85. The average Bonchev–Trinajstić information content (AvgIpc) is 2.96. The van der Waals surface area contributed by atoms with Gasteiger partial charge in [0, 0.05) is 0 Å². The van der Waals surface area contributed by atoms with Gasteiger partial charge in [-0.15, -0.1) is 0 Å². The van der Waals surface area contributed by atoms with Crippen LogP contribution in [0.25, 0.3) is 6.08 Å². The van der Waals surface area contributed by atoms with Gasteiger partial charge >= 0.3 is 5.97 Å². The number of carbonyl (C=O) groups is 1. The highest BCUT2D eigenvalue weighted by atomic mass is 16.6. The minimum atomic E-state index is -0.427. The number of fused-ring (bicyclic) bond motifs is 2. The quantitative estimate of drug-likeness (QED) is 0.704. The van der Waals surface area contributed by atoms with Crippen LogP contribution in [-0.2, 0) is 16.0 Å². The SMILES string of the molecule is CC(C)(C)OC(=O)C1=C2Cc3ccccc3C=C21. The van der Waals surface area contributed by atoms with Gasteiger partial charge in [-0.3, -0.25) is 0 Å². The molecule has 0 spiro atoms. The lowest BCUT2D eigenvalue weighted by molar-refractivity contribution is -0.149. The van der Waals surface area contributed by atoms with Crippen molar-refractivity contribution >= 4 is 12.0 Å². The van der Waals surface area contributed by atoms with Crippen molar-refractivity contribution in [3.8, 4) is 0 Å². The molecule has 1 aromatic rings. The molecule has 2 heteroatoms. The van der Waals surface area contributed by atoms with Gasteiger partial charge in [-0.2, -0.15) is 0 Å². The zero-order valence-corrected chi connectivity index (χ0v) is 10.9. The van der Waals surface area contributed by atoms with Gasteiger partial charge in [0.25, 0.3) is 0 Å². The molecular formula is C16H16O2. The van der Waals surface area contributed by atoms with Crippen LogP contribution >= 0.6 is 0 Å². The van der Waals surface area contributed by atoms with Crippen molar-refractivity contribution in [2.75, 3.05) is 0 Å². The first-order valence-corrected chi connectivity index (χ1v) is 6.22. The fourth-order valence-corrected chi connectivity index (χ4v) is 2.33. The number of ether oxygens (including phenoxy) is 1.